The Hall–Kier alpha value is -1.57. The molecule has 1 aromatic carbocycles. The van der Waals surface area contributed by atoms with Gasteiger partial charge in [-0.2, -0.15) is 0 Å². The van der Waals surface area contributed by atoms with Crippen molar-refractivity contribution in [1.29, 1.82) is 0 Å². The zero-order valence-electron chi connectivity index (χ0n) is 18.9. The van der Waals surface area contributed by atoms with Gasteiger partial charge < -0.3 is 10.2 Å². The number of carbonyl (C=O) groups is 2. The SMILES string of the molecule is CN(Cc1cc(-c2ccccc2F)n(S(=O)(=O)c2cccnc2)c1)C(CC(=O)O)C(=O)O.[Na].[Na]. The predicted molar refractivity (Wildman–Crippen MR) is 123 cm³/mol. The molecule has 0 spiro atoms. The number of hydrogen-bond acceptors (Lipinski definition) is 6. The number of carboxylic acid groups (broad SMARTS) is 2. The molecule has 170 valence electrons. The summed E-state index contributed by atoms with van der Waals surface area (Å²) in [5.74, 6) is -3.25. The van der Waals surface area contributed by atoms with E-state index in [9.17, 15) is 27.5 Å². The summed E-state index contributed by atoms with van der Waals surface area (Å²) in [6.07, 6.45) is 3.21. The van der Waals surface area contributed by atoms with Gasteiger partial charge in [0.25, 0.3) is 10.0 Å². The van der Waals surface area contributed by atoms with Crippen molar-refractivity contribution in [3.05, 3.63) is 72.4 Å². The Morgan fingerprint density at radius 2 is 1.82 bits per heavy atom. The molecule has 2 radical (unpaired) electrons. The molecule has 0 saturated carbocycles. The number of carboxylic acids is 2. The molecule has 0 saturated heterocycles. The normalized spacial score (nSPS) is 11.9. The minimum Gasteiger partial charge on any atom is -0.481 e. The molecule has 3 rings (SSSR count). The number of benzene rings is 1. The van der Waals surface area contributed by atoms with Crippen molar-refractivity contribution in [2.75, 3.05) is 7.05 Å². The van der Waals surface area contributed by atoms with E-state index in [-0.39, 0.29) is 81.8 Å². The zero-order valence-corrected chi connectivity index (χ0v) is 23.7. The summed E-state index contributed by atoms with van der Waals surface area (Å²) < 4.78 is 41.9. The Bertz CT molecular complexity index is 1250. The zero-order chi connectivity index (χ0) is 23.5. The maximum atomic E-state index is 14.5. The second kappa shape index (κ2) is 12.9. The van der Waals surface area contributed by atoms with Gasteiger partial charge in [0.1, 0.15) is 16.8 Å². The Labute approximate surface area is 240 Å². The average Bonchev–Trinajstić information content (AvgIpc) is 3.17. The van der Waals surface area contributed by atoms with Gasteiger partial charge in [0.05, 0.1) is 12.1 Å². The second-order valence-corrected chi connectivity index (χ2v) is 8.88. The van der Waals surface area contributed by atoms with Crippen molar-refractivity contribution in [1.82, 2.24) is 13.9 Å². The molecule has 1 atom stereocenters. The van der Waals surface area contributed by atoms with E-state index < -0.39 is 40.2 Å². The quantitative estimate of drug-likeness (QED) is 0.417. The van der Waals surface area contributed by atoms with Crippen LogP contribution in [-0.4, -0.2) is 117 Å². The van der Waals surface area contributed by atoms with Crippen molar-refractivity contribution in [3.63, 3.8) is 0 Å². The summed E-state index contributed by atoms with van der Waals surface area (Å²) in [6.45, 7) is -0.0821. The first-order valence-electron chi connectivity index (χ1n) is 9.38. The number of rotatable bonds is 9. The van der Waals surface area contributed by atoms with E-state index in [1.807, 2.05) is 0 Å². The summed E-state index contributed by atoms with van der Waals surface area (Å²) in [6, 6.07) is 8.57. The summed E-state index contributed by atoms with van der Waals surface area (Å²) in [7, 11) is -2.73. The van der Waals surface area contributed by atoms with E-state index in [0.29, 0.717) is 5.56 Å². The number of pyridine rings is 1. The minimum atomic E-state index is -4.15. The predicted octanol–water partition coefficient (Wildman–Crippen LogP) is 1.52. The third-order valence-electron chi connectivity index (χ3n) is 4.80. The van der Waals surface area contributed by atoms with E-state index in [1.54, 1.807) is 6.07 Å². The van der Waals surface area contributed by atoms with Gasteiger partial charge in [0, 0.05) is 89.8 Å². The Balaban J connectivity index is 0.00000289. The largest absolute Gasteiger partial charge is 0.481 e. The number of nitrogens with zero attached hydrogens (tertiary/aromatic N) is 3. The van der Waals surface area contributed by atoms with Crippen molar-refractivity contribution >= 4 is 81.1 Å². The molecule has 2 heterocycles. The molecule has 0 fully saturated rings. The summed E-state index contributed by atoms with van der Waals surface area (Å²) in [4.78, 5) is 27.5. The third kappa shape index (κ3) is 6.98. The maximum Gasteiger partial charge on any atom is 0.321 e. The number of hydrogen-bond donors (Lipinski definition) is 2. The second-order valence-electron chi connectivity index (χ2n) is 7.07. The van der Waals surface area contributed by atoms with E-state index in [4.69, 9.17) is 5.11 Å². The van der Waals surface area contributed by atoms with Gasteiger partial charge in [-0.15, -0.1) is 0 Å². The third-order valence-corrected chi connectivity index (χ3v) is 6.46. The fraction of sp³-hybridized carbons (Fsp3) is 0.190. The van der Waals surface area contributed by atoms with E-state index in [1.165, 1.54) is 66.9 Å². The molecule has 13 heteroatoms. The fourth-order valence-electron chi connectivity index (χ4n) is 3.26. The average molecular weight is 507 g/mol. The number of halogens is 1. The minimum absolute atomic E-state index is 0. The molecule has 3 aromatic rings. The van der Waals surface area contributed by atoms with Crippen LogP contribution in [0.1, 0.15) is 12.0 Å². The molecule has 0 aliphatic rings. The van der Waals surface area contributed by atoms with Crippen molar-refractivity contribution in [2.24, 2.45) is 0 Å². The molecular formula is C21H20FN3Na2O6S. The van der Waals surface area contributed by atoms with Crippen LogP contribution in [-0.2, 0) is 26.2 Å². The van der Waals surface area contributed by atoms with Crippen LogP contribution in [0.25, 0.3) is 11.3 Å². The summed E-state index contributed by atoms with van der Waals surface area (Å²) in [5, 5.41) is 18.3. The van der Waals surface area contributed by atoms with Crippen LogP contribution in [0.5, 0.6) is 0 Å². The van der Waals surface area contributed by atoms with Crippen molar-refractivity contribution < 1.29 is 32.6 Å². The molecule has 0 bridgehead atoms. The molecule has 2 N–H and O–H groups in total. The van der Waals surface area contributed by atoms with Gasteiger partial charge in [-0.3, -0.25) is 19.5 Å². The number of likely N-dealkylation sites (N-methyl/N-ethyl adjacent to an activating group) is 1. The first kappa shape index (κ1) is 30.5. The number of aliphatic carboxylic acids is 2. The van der Waals surface area contributed by atoms with Gasteiger partial charge in [-0.05, 0) is 42.9 Å². The van der Waals surface area contributed by atoms with Gasteiger partial charge in [0.2, 0.25) is 0 Å². The van der Waals surface area contributed by atoms with Crippen LogP contribution >= 0.6 is 0 Å². The van der Waals surface area contributed by atoms with Crippen LogP contribution in [0.2, 0.25) is 0 Å². The summed E-state index contributed by atoms with van der Waals surface area (Å²) >= 11 is 0. The molecule has 0 amide bonds. The van der Waals surface area contributed by atoms with Crippen LogP contribution in [0.15, 0.2) is 66.0 Å². The van der Waals surface area contributed by atoms with E-state index >= 15 is 0 Å². The van der Waals surface area contributed by atoms with Crippen molar-refractivity contribution in [2.45, 2.75) is 23.9 Å². The molecule has 9 nitrogen and oxygen atoms in total. The molecule has 0 aliphatic heterocycles. The van der Waals surface area contributed by atoms with Crippen molar-refractivity contribution in [3.8, 4) is 11.3 Å². The molecule has 34 heavy (non-hydrogen) atoms. The van der Waals surface area contributed by atoms with Gasteiger partial charge in [0.15, 0.2) is 0 Å². The Kier molecular flexibility index (Phi) is 11.6. The molecule has 1 unspecified atom stereocenters. The summed E-state index contributed by atoms with van der Waals surface area (Å²) in [5.41, 5.74) is 0.435. The van der Waals surface area contributed by atoms with E-state index in [0.717, 1.165) is 3.97 Å². The first-order chi connectivity index (χ1) is 15.1. The molecule has 0 aliphatic carbocycles. The monoisotopic (exact) mass is 507 g/mol. The van der Waals surface area contributed by atoms with Gasteiger partial charge >= 0.3 is 11.9 Å². The van der Waals surface area contributed by atoms with Crippen LogP contribution in [0.4, 0.5) is 4.39 Å². The first-order valence-corrected chi connectivity index (χ1v) is 10.8. The Morgan fingerprint density at radius 3 is 2.38 bits per heavy atom. The molecular weight excluding hydrogens is 487 g/mol. The Morgan fingerprint density at radius 1 is 1.15 bits per heavy atom. The van der Waals surface area contributed by atoms with Gasteiger partial charge in [-0.25, -0.2) is 16.8 Å². The van der Waals surface area contributed by atoms with Crippen LogP contribution < -0.4 is 0 Å². The standard InChI is InChI=1S/C21H20FN3O6S.2Na/c1-24(19(21(28)29)10-20(26)27)12-14-9-18(16-6-2-3-7-17(16)22)25(13-14)32(30,31)15-5-4-8-23-11-15;;/h2-9,11,13,19H,10,12H2,1H3,(H,26,27)(H,28,29);;. The smallest absolute Gasteiger partial charge is 0.321 e. The molecule has 2 aromatic heterocycles. The van der Waals surface area contributed by atoms with Gasteiger partial charge in [-0.1, -0.05) is 12.1 Å². The fourth-order valence-corrected chi connectivity index (χ4v) is 4.61. The van der Waals surface area contributed by atoms with Crippen LogP contribution in [0, 0.1) is 5.82 Å². The maximum absolute atomic E-state index is 14.5. The number of aromatic nitrogens is 2. The van der Waals surface area contributed by atoms with E-state index in [2.05, 4.69) is 4.98 Å². The van der Waals surface area contributed by atoms with Crippen LogP contribution in [0.3, 0.4) is 0 Å². The topological polar surface area (TPSA) is 130 Å².